The minimum Gasteiger partial charge on any atom is -0.494 e. The second-order valence-corrected chi connectivity index (χ2v) is 7.31. The molecule has 0 saturated carbocycles. The number of thioether (sulfide) groups is 1. The van der Waals surface area contributed by atoms with Gasteiger partial charge in [-0.25, -0.2) is 0 Å². The first-order chi connectivity index (χ1) is 10.6. The Morgan fingerprint density at radius 2 is 2.09 bits per heavy atom. The fourth-order valence-corrected chi connectivity index (χ4v) is 4.13. The topological polar surface area (TPSA) is 38.3 Å². The van der Waals surface area contributed by atoms with Crippen LogP contribution in [0.5, 0.6) is 5.75 Å². The Bertz CT molecular complexity index is 609. The minimum absolute atomic E-state index is 0.192. The van der Waals surface area contributed by atoms with Gasteiger partial charge in [-0.15, -0.1) is 11.3 Å². The summed E-state index contributed by atoms with van der Waals surface area (Å²) in [6, 6.07) is 7.26. The number of ether oxygens (including phenoxy) is 1. The lowest BCUT2D eigenvalue weighted by molar-refractivity contribution is 0.0956. The highest BCUT2D eigenvalue weighted by atomic mass is 35.5. The first-order valence-corrected chi connectivity index (χ1v) is 9.32. The van der Waals surface area contributed by atoms with Crippen LogP contribution in [0.2, 0.25) is 10.0 Å². The Balaban J connectivity index is 1.80. The molecule has 1 amide bonds. The van der Waals surface area contributed by atoms with Gasteiger partial charge in [0.05, 0.1) is 17.2 Å². The van der Waals surface area contributed by atoms with Crippen LogP contribution in [-0.4, -0.2) is 25.3 Å². The number of halogens is 2. The minimum atomic E-state index is -0.192. The van der Waals surface area contributed by atoms with Gasteiger partial charge in [0.1, 0.15) is 0 Å². The Morgan fingerprint density at radius 1 is 1.36 bits per heavy atom. The lowest BCUT2D eigenvalue weighted by Gasteiger charge is -2.09. The molecule has 22 heavy (non-hydrogen) atoms. The fraction of sp³-hybridized carbons (Fsp3) is 0.267. The molecule has 0 radical (unpaired) electrons. The molecule has 0 saturated heterocycles. The molecular weight excluding hydrogens is 361 g/mol. The highest BCUT2D eigenvalue weighted by Gasteiger charge is 2.13. The summed E-state index contributed by atoms with van der Waals surface area (Å²) >= 11 is 15.6. The molecule has 0 aliphatic carbocycles. The number of benzene rings is 1. The van der Waals surface area contributed by atoms with Crippen LogP contribution in [0.25, 0.3) is 0 Å². The van der Waals surface area contributed by atoms with Gasteiger partial charge in [0.2, 0.25) is 0 Å². The molecule has 1 heterocycles. The Kier molecular flexibility index (Phi) is 6.89. The lowest BCUT2D eigenvalue weighted by Crippen LogP contribution is -2.25. The molecule has 0 unspecified atom stereocenters. The first kappa shape index (κ1) is 17.5. The molecule has 1 N–H and O–H groups in total. The molecule has 2 rings (SSSR count). The number of thiophene rings is 1. The maximum atomic E-state index is 12.1. The van der Waals surface area contributed by atoms with Gasteiger partial charge in [-0.2, -0.15) is 11.8 Å². The van der Waals surface area contributed by atoms with E-state index in [0.717, 1.165) is 11.5 Å². The predicted molar refractivity (Wildman–Crippen MR) is 95.8 cm³/mol. The van der Waals surface area contributed by atoms with Crippen molar-refractivity contribution in [1.29, 1.82) is 0 Å². The summed E-state index contributed by atoms with van der Waals surface area (Å²) in [6.07, 6.45) is 0. The average Bonchev–Trinajstić information content (AvgIpc) is 2.99. The van der Waals surface area contributed by atoms with E-state index in [2.05, 4.69) is 16.8 Å². The van der Waals surface area contributed by atoms with Gasteiger partial charge in [0.25, 0.3) is 5.91 Å². The van der Waals surface area contributed by atoms with Gasteiger partial charge >= 0.3 is 0 Å². The van der Waals surface area contributed by atoms with Gasteiger partial charge in [-0.1, -0.05) is 29.3 Å². The van der Waals surface area contributed by atoms with Gasteiger partial charge < -0.3 is 10.1 Å². The van der Waals surface area contributed by atoms with Gasteiger partial charge in [-0.3, -0.25) is 4.79 Å². The zero-order valence-corrected chi connectivity index (χ0v) is 15.0. The molecule has 0 fully saturated rings. The number of amides is 1. The van der Waals surface area contributed by atoms with Crippen LogP contribution in [0, 0.1) is 0 Å². The number of nitrogens with one attached hydrogen (secondary N) is 1. The van der Waals surface area contributed by atoms with Gasteiger partial charge in [-0.05, 0) is 23.6 Å². The molecule has 7 heteroatoms. The van der Waals surface area contributed by atoms with Crippen molar-refractivity contribution in [2.24, 2.45) is 0 Å². The third-order valence-electron chi connectivity index (χ3n) is 2.82. The molecule has 0 aliphatic rings. The summed E-state index contributed by atoms with van der Waals surface area (Å²) in [5.41, 5.74) is 0.430. The van der Waals surface area contributed by atoms with E-state index in [1.54, 1.807) is 35.2 Å². The Morgan fingerprint density at radius 3 is 2.68 bits per heavy atom. The third kappa shape index (κ3) is 4.81. The number of carbonyl (C=O) groups excluding carboxylic acids is 1. The molecule has 118 valence electrons. The van der Waals surface area contributed by atoms with Crippen molar-refractivity contribution in [3.63, 3.8) is 0 Å². The lowest BCUT2D eigenvalue weighted by atomic mass is 10.2. The van der Waals surface area contributed by atoms with Crippen molar-refractivity contribution >= 4 is 52.2 Å². The van der Waals surface area contributed by atoms with E-state index < -0.39 is 0 Å². The number of carbonyl (C=O) groups is 1. The van der Waals surface area contributed by atoms with Gasteiger partial charge in [0.15, 0.2) is 5.75 Å². The summed E-state index contributed by atoms with van der Waals surface area (Å²) in [5, 5.41) is 5.57. The predicted octanol–water partition coefficient (Wildman–Crippen LogP) is 4.73. The number of methoxy groups -OCH3 is 1. The average molecular weight is 376 g/mol. The second kappa shape index (κ2) is 8.67. The van der Waals surface area contributed by atoms with Crippen LogP contribution in [0.15, 0.2) is 29.6 Å². The zero-order valence-electron chi connectivity index (χ0n) is 11.9. The third-order valence-corrected chi connectivity index (χ3v) is 5.45. The van der Waals surface area contributed by atoms with E-state index in [1.807, 2.05) is 6.07 Å². The number of hydrogen-bond acceptors (Lipinski definition) is 4. The van der Waals surface area contributed by atoms with E-state index >= 15 is 0 Å². The zero-order chi connectivity index (χ0) is 15.9. The maximum absolute atomic E-state index is 12.1. The molecule has 0 spiro atoms. The highest BCUT2D eigenvalue weighted by Crippen LogP contribution is 2.33. The van der Waals surface area contributed by atoms with Crippen molar-refractivity contribution in [2.75, 3.05) is 19.4 Å². The summed E-state index contributed by atoms with van der Waals surface area (Å²) < 4.78 is 5.06. The van der Waals surface area contributed by atoms with E-state index in [1.165, 1.54) is 12.0 Å². The van der Waals surface area contributed by atoms with E-state index in [4.69, 9.17) is 27.9 Å². The maximum Gasteiger partial charge on any atom is 0.251 e. The monoisotopic (exact) mass is 375 g/mol. The standard InChI is InChI=1S/C15H15Cl2NO2S2/c1-20-14-12(16)7-10(8-13(14)17)15(19)18-4-6-21-9-11-3-2-5-22-11/h2-3,5,7-8H,4,6,9H2,1H3,(H,18,19). The quantitative estimate of drug-likeness (QED) is 0.711. The Labute approximate surface area is 148 Å². The van der Waals surface area contributed by atoms with Crippen molar-refractivity contribution in [2.45, 2.75) is 5.75 Å². The van der Waals surface area contributed by atoms with Crippen LogP contribution in [-0.2, 0) is 5.75 Å². The summed E-state index contributed by atoms with van der Waals surface area (Å²) in [5.74, 6) is 2.00. The van der Waals surface area contributed by atoms with E-state index in [9.17, 15) is 4.79 Å². The van der Waals surface area contributed by atoms with Crippen LogP contribution in [0.1, 0.15) is 15.2 Å². The second-order valence-electron chi connectivity index (χ2n) is 4.36. The van der Waals surface area contributed by atoms with Crippen LogP contribution < -0.4 is 10.1 Å². The SMILES string of the molecule is COc1c(Cl)cc(C(=O)NCCSCc2cccs2)cc1Cl. The molecule has 1 aromatic heterocycles. The highest BCUT2D eigenvalue weighted by molar-refractivity contribution is 7.98. The molecule has 0 bridgehead atoms. The summed E-state index contributed by atoms with van der Waals surface area (Å²) in [6.45, 7) is 0.593. The largest absolute Gasteiger partial charge is 0.494 e. The van der Waals surface area contributed by atoms with Crippen molar-refractivity contribution in [3.8, 4) is 5.75 Å². The smallest absolute Gasteiger partial charge is 0.251 e. The Hall–Kier alpha value is -0.880. The van der Waals surface area contributed by atoms with Crippen molar-refractivity contribution < 1.29 is 9.53 Å². The normalized spacial score (nSPS) is 10.5. The summed E-state index contributed by atoms with van der Waals surface area (Å²) in [7, 11) is 1.48. The number of rotatable bonds is 7. The van der Waals surface area contributed by atoms with Crippen LogP contribution >= 0.6 is 46.3 Å². The molecule has 0 atom stereocenters. The number of hydrogen-bond donors (Lipinski definition) is 1. The van der Waals surface area contributed by atoms with E-state index in [0.29, 0.717) is 27.9 Å². The van der Waals surface area contributed by atoms with Crippen LogP contribution in [0.3, 0.4) is 0 Å². The molecule has 1 aromatic carbocycles. The van der Waals surface area contributed by atoms with E-state index in [-0.39, 0.29) is 5.91 Å². The van der Waals surface area contributed by atoms with Crippen molar-refractivity contribution in [1.82, 2.24) is 5.32 Å². The van der Waals surface area contributed by atoms with Gasteiger partial charge in [0, 0.05) is 28.5 Å². The molecule has 2 aromatic rings. The summed E-state index contributed by atoms with van der Waals surface area (Å²) in [4.78, 5) is 13.4. The molecular formula is C15H15Cl2NO2S2. The molecule has 3 nitrogen and oxygen atoms in total. The fourth-order valence-electron chi connectivity index (χ4n) is 1.79. The first-order valence-electron chi connectivity index (χ1n) is 6.53. The van der Waals surface area contributed by atoms with Crippen LogP contribution in [0.4, 0.5) is 0 Å². The van der Waals surface area contributed by atoms with Crippen molar-refractivity contribution in [3.05, 3.63) is 50.1 Å². The molecule has 0 aliphatic heterocycles.